The lowest BCUT2D eigenvalue weighted by molar-refractivity contribution is 0.475. The summed E-state index contributed by atoms with van der Waals surface area (Å²) in [5, 5.41) is 21.4. The first-order valence-corrected chi connectivity index (χ1v) is 8.82. The molecule has 130 valence electrons. The second kappa shape index (κ2) is 5.92. The average molecular weight is 351 g/mol. The molecular weight excluding hydrogens is 334 g/mol. The van der Waals surface area contributed by atoms with E-state index in [1.54, 1.807) is 24.3 Å². The molecule has 0 amide bonds. The van der Waals surface area contributed by atoms with Crippen molar-refractivity contribution in [2.45, 2.75) is 0 Å². The van der Waals surface area contributed by atoms with Crippen LogP contribution < -0.4 is 0 Å². The predicted molar refractivity (Wildman–Crippen MR) is 110 cm³/mol. The van der Waals surface area contributed by atoms with E-state index in [2.05, 4.69) is 41.4 Å². The molecule has 5 rings (SSSR count). The third-order valence-electron chi connectivity index (χ3n) is 5.00. The number of fused-ring (bicyclic) bond motifs is 3. The molecule has 0 radical (unpaired) electrons. The van der Waals surface area contributed by atoms with E-state index in [4.69, 9.17) is 0 Å². The summed E-state index contributed by atoms with van der Waals surface area (Å²) in [5.74, 6) is 0.538. The standard InChI is InChI=1S/C24H17NO2/c26-19-7-1-15(2-8-19)17-5-11-23-21(13-17)22-14-18(6-12-24(22)25-23)16-3-9-20(27)10-4-16/h1-14,25-27H. The van der Waals surface area contributed by atoms with E-state index in [1.165, 1.54) is 0 Å². The summed E-state index contributed by atoms with van der Waals surface area (Å²) >= 11 is 0. The molecule has 4 aromatic carbocycles. The van der Waals surface area contributed by atoms with Crippen molar-refractivity contribution < 1.29 is 10.2 Å². The van der Waals surface area contributed by atoms with Crippen molar-refractivity contribution in [3.8, 4) is 33.8 Å². The molecule has 0 aliphatic heterocycles. The Morgan fingerprint density at radius 3 is 1.22 bits per heavy atom. The van der Waals surface area contributed by atoms with Gasteiger partial charge in [-0.05, 0) is 70.8 Å². The zero-order valence-corrected chi connectivity index (χ0v) is 14.5. The van der Waals surface area contributed by atoms with Crippen molar-refractivity contribution >= 4 is 21.8 Å². The second-order valence-electron chi connectivity index (χ2n) is 6.74. The van der Waals surface area contributed by atoms with E-state index in [-0.39, 0.29) is 11.5 Å². The molecule has 3 nitrogen and oxygen atoms in total. The van der Waals surface area contributed by atoms with Gasteiger partial charge in [-0.1, -0.05) is 36.4 Å². The summed E-state index contributed by atoms with van der Waals surface area (Å²) in [7, 11) is 0. The van der Waals surface area contributed by atoms with E-state index >= 15 is 0 Å². The molecule has 0 unspecified atom stereocenters. The van der Waals surface area contributed by atoms with Crippen molar-refractivity contribution in [3.63, 3.8) is 0 Å². The number of hydrogen-bond donors (Lipinski definition) is 3. The number of aromatic hydroxyl groups is 2. The first-order valence-electron chi connectivity index (χ1n) is 8.82. The Labute approximate surface area is 156 Å². The summed E-state index contributed by atoms with van der Waals surface area (Å²) < 4.78 is 0. The number of phenols is 2. The van der Waals surface area contributed by atoms with Gasteiger partial charge >= 0.3 is 0 Å². The van der Waals surface area contributed by atoms with Crippen molar-refractivity contribution in [3.05, 3.63) is 84.9 Å². The van der Waals surface area contributed by atoms with Gasteiger partial charge in [0.25, 0.3) is 0 Å². The van der Waals surface area contributed by atoms with Crippen LogP contribution in [0.5, 0.6) is 11.5 Å². The number of hydrogen-bond acceptors (Lipinski definition) is 2. The lowest BCUT2D eigenvalue weighted by atomic mass is 10.00. The summed E-state index contributed by atoms with van der Waals surface area (Å²) in [5.41, 5.74) is 6.54. The molecule has 1 aromatic heterocycles. The number of rotatable bonds is 2. The zero-order valence-electron chi connectivity index (χ0n) is 14.5. The number of phenolic OH excluding ortho intramolecular Hbond substituents is 2. The first kappa shape index (κ1) is 15.5. The third kappa shape index (κ3) is 2.70. The Bertz CT molecular complexity index is 1170. The molecule has 3 heteroatoms. The van der Waals surface area contributed by atoms with Crippen LogP contribution in [-0.2, 0) is 0 Å². The fourth-order valence-electron chi connectivity index (χ4n) is 3.56. The molecule has 0 aliphatic carbocycles. The summed E-state index contributed by atoms with van der Waals surface area (Å²) in [6.45, 7) is 0. The van der Waals surface area contributed by atoms with Gasteiger partial charge in [-0.2, -0.15) is 0 Å². The normalized spacial score (nSPS) is 11.3. The number of benzene rings is 4. The predicted octanol–water partition coefficient (Wildman–Crippen LogP) is 6.07. The Morgan fingerprint density at radius 1 is 0.444 bits per heavy atom. The van der Waals surface area contributed by atoms with Gasteiger partial charge < -0.3 is 15.2 Å². The number of nitrogens with one attached hydrogen (secondary N) is 1. The van der Waals surface area contributed by atoms with Gasteiger partial charge in [0.1, 0.15) is 11.5 Å². The minimum absolute atomic E-state index is 0.269. The molecule has 0 saturated heterocycles. The molecular formula is C24H17NO2. The van der Waals surface area contributed by atoms with Crippen molar-refractivity contribution in [1.29, 1.82) is 0 Å². The van der Waals surface area contributed by atoms with Crippen molar-refractivity contribution in [2.24, 2.45) is 0 Å². The summed E-state index contributed by atoms with van der Waals surface area (Å²) in [4.78, 5) is 3.47. The largest absolute Gasteiger partial charge is 0.508 e. The van der Waals surface area contributed by atoms with Gasteiger partial charge in [-0.3, -0.25) is 0 Å². The highest BCUT2D eigenvalue weighted by Gasteiger charge is 2.08. The quantitative estimate of drug-likeness (QED) is 0.362. The minimum atomic E-state index is 0.269. The van der Waals surface area contributed by atoms with Crippen LogP contribution in [0.4, 0.5) is 0 Å². The maximum absolute atomic E-state index is 9.52. The SMILES string of the molecule is Oc1ccc(-c2ccc3[nH]c4ccc(-c5ccc(O)cc5)cc4c3c2)cc1. The van der Waals surface area contributed by atoms with Crippen LogP contribution in [0.25, 0.3) is 44.1 Å². The molecule has 0 spiro atoms. The zero-order chi connectivity index (χ0) is 18.4. The maximum Gasteiger partial charge on any atom is 0.115 e. The second-order valence-corrected chi connectivity index (χ2v) is 6.74. The van der Waals surface area contributed by atoms with Gasteiger partial charge in [-0.25, -0.2) is 0 Å². The summed E-state index contributed by atoms with van der Waals surface area (Å²) in [6.07, 6.45) is 0. The van der Waals surface area contributed by atoms with Gasteiger partial charge in [0, 0.05) is 21.8 Å². The van der Waals surface area contributed by atoms with Gasteiger partial charge in [0.15, 0.2) is 0 Å². The molecule has 0 fully saturated rings. The lowest BCUT2D eigenvalue weighted by Gasteiger charge is -2.04. The average Bonchev–Trinajstić information content (AvgIpc) is 3.06. The van der Waals surface area contributed by atoms with Crippen LogP contribution in [-0.4, -0.2) is 15.2 Å². The minimum Gasteiger partial charge on any atom is -0.508 e. The Morgan fingerprint density at radius 2 is 0.815 bits per heavy atom. The Balaban J connectivity index is 1.68. The van der Waals surface area contributed by atoms with Crippen LogP contribution in [0.15, 0.2) is 84.9 Å². The van der Waals surface area contributed by atoms with Crippen LogP contribution >= 0.6 is 0 Å². The lowest BCUT2D eigenvalue weighted by Crippen LogP contribution is -1.78. The first-order chi connectivity index (χ1) is 13.2. The monoisotopic (exact) mass is 351 g/mol. The third-order valence-corrected chi connectivity index (χ3v) is 5.00. The highest BCUT2D eigenvalue weighted by Crippen LogP contribution is 2.33. The fraction of sp³-hybridized carbons (Fsp3) is 0. The smallest absolute Gasteiger partial charge is 0.115 e. The molecule has 5 aromatic rings. The molecule has 0 aliphatic rings. The molecule has 1 heterocycles. The number of aromatic amines is 1. The van der Waals surface area contributed by atoms with Crippen LogP contribution in [0.3, 0.4) is 0 Å². The Hall–Kier alpha value is -3.72. The van der Waals surface area contributed by atoms with E-state index in [1.807, 2.05) is 24.3 Å². The molecule has 0 bridgehead atoms. The highest BCUT2D eigenvalue weighted by molar-refractivity contribution is 6.09. The Kier molecular flexibility index (Phi) is 3.41. The molecule has 0 atom stereocenters. The van der Waals surface area contributed by atoms with E-state index in [9.17, 15) is 10.2 Å². The van der Waals surface area contributed by atoms with Gasteiger partial charge in [0.05, 0.1) is 0 Å². The van der Waals surface area contributed by atoms with E-state index in [0.29, 0.717) is 0 Å². The van der Waals surface area contributed by atoms with Crippen LogP contribution in [0.2, 0.25) is 0 Å². The van der Waals surface area contributed by atoms with Crippen LogP contribution in [0, 0.1) is 0 Å². The van der Waals surface area contributed by atoms with Crippen molar-refractivity contribution in [2.75, 3.05) is 0 Å². The van der Waals surface area contributed by atoms with E-state index < -0.39 is 0 Å². The number of H-pyrrole nitrogens is 1. The summed E-state index contributed by atoms with van der Waals surface area (Å²) in [6, 6.07) is 27.2. The maximum atomic E-state index is 9.52. The fourth-order valence-corrected chi connectivity index (χ4v) is 3.56. The van der Waals surface area contributed by atoms with E-state index in [0.717, 1.165) is 44.1 Å². The topological polar surface area (TPSA) is 56.2 Å². The molecule has 3 N–H and O–H groups in total. The number of aromatic nitrogens is 1. The molecule has 27 heavy (non-hydrogen) atoms. The molecule has 0 saturated carbocycles. The van der Waals surface area contributed by atoms with Crippen molar-refractivity contribution in [1.82, 2.24) is 4.98 Å². The highest BCUT2D eigenvalue weighted by atomic mass is 16.3. The van der Waals surface area contributed by atoms with Gasteiger partial charge in [-0.15, -0.1) is 0 Å². The van der Waals surface area contributed by atoms with Crippen LogP contribution in [0.1, 0.15) is 0 Å². The van der Waals surface area contributed by atoms with Gasteiger partial charge in [0.2, 0.25) is 0 Å².